The number of nitrogens with zero attached hydrogens (tertiary/aromatic N) is 1. The molecule has 4 aromatic rings. The van der Waals surface area contributed by atoms with Gasteiger partial charge in [-0.25, -0.2) is 17.8 Å². The van der Waals surface area contributed by atoms with Crippen LogP contribution in [0.25, 0.3) is 22.2 Å². The van der Waals surface area contributed by atoms with E-state index in [-0.39, 0.29) is 10.7 Å². The van der Waals surface area contributed by atoms with Crippen LogP contribution in [0.1, 0.15) is 0 Å². The number of halogens is 1. The van der Waals surface area contributed by atoms with Crippen molar-refractivity contribution < 1.29 is 12.8 Å². The molecule has 0 atom stereocenters. The largest absolute Gasteiger partial charge is 0.354 e. The Bertz CT molecular complexity index is 1230. The van der Waals surface area contributed by atoms with Crippen molar-refractivity contribution >= 4 is 32.2 Å². The smallest absolute Gasteiger partial charge is 0.175 e. The van der Waals surface area contributed by atoms with Crippen LogP contribution in [0.15, 0.2) is 71.8 Å². The van der Waals surface area contributed by atoms with Crippen molar-refractivity contribution in [2.75, 3.05) is 11.6 Å². The van der Waals surface area contributed by atoms with E-state index in [0.717, 1.165) is 27.8 Å². The number of hydrogen-bond donors (Lipinski definition) is 2. The van der Waals surface area contributed by atoms with Crippen molar-refractivity contribution in [1.29, 1.82) is 0 Å². The van der Waals surface area contributed by atoms with Gasteiger partial charge in [-0.2, -0.15) is 0 Å². The second kappa shape index (κ2) is 6.51. The van der Waals surface area contributed by atoms with E-state index in [1.807, 2.05) is 18.2 Å². The molecule has 2 aromatic heterocycles. The molecule has 0 amide bonds. The minimum atomic E-state index is -3.22. The molecule has 0 fully saturated rings. The van der Waals surface area contributed by atoms with E-state index in [4.69, 9.17) is 0 Å². The number of benzene rings is 2. The van der Waals surface area contributed by atoms with Crippen molar-refractivity contribution in [3.05, 3.63) is 72.7 Å². The molecule has 0 aliphatic heterocycles. The van der Waals surface area contributed by atoms with Crippen LogP contribution < -0.4 is 5.32 Å². The molecule has 0 saturated heterocycles. The van der Waals surface area contributed by atoms with Gasteiger partial charge in [-0.1, -0.05) is 12.1 Å². The maximum Gasteiger partial charge on any atom is 0.175 e. The average molecular weight is 381 g/mol. The van der Waals surface area contributed by atoms with Crippen LogP contribution in [-0.4, -0.2) is 24.6 Å². The molecule has 136 valence electrons. The van der Waals surface area contributed by atoms with Gasteiger partial charge in [-0.15, -0.1) is 0 Å². The van der Waals surface area contributed by atoms with Gasteiger partial charge < -0.3 is 10.3 Å². The van der Waals surface area contributed by atoms with Crippen LogP contribution in [0.2, 0.25) is 0 Å². The van der Waals surface area contributed by atoms with E-state index in [1.165, 1.54) is 18.4 Å². The summed E-state index contributed by atoms with van der Waals surface area (Å²) in [5.41, 5.74) is 3.16. The zero-order valence-corrected chi connectivity index (χ0v) is 15.2. The lowest BCUT2D eigenvalue weighted by molar-refractivity contribution is 0.602. The standard InChI is InChI=1S/C20H16FN3O2S/c1-27(25,26)17-7-5-16(6-8-17)23-20-11-19-14(12-22-20)10-18(24-19)13-3-2-4-15(21)9-13/h2-12,24H,1H3,(H,22,23). The van der Waals surface area contributed by atoms with E-state index in [2.05, 4.69) is 15.3 Å². The van der Waals surface area contributed by atoms with Crippen molar-refractivity contribution in [1.82, 2.24) is 9.97 Å². The molecule has 0 saturated carbocycles. The second-order valence-corrected chi connectivity index (χ2v) is 8.29. The van der Waals surface area contributed by atoms with E-state index in [0.29, 0.717) is 5.82 Å². The molecule has 0 unspecified atom stereocenters. The fourth-order valence-electron chi connectivity index (χ4n) is 2.84. The van der Waals surface area contributed by atoms with Gasteiger partial charge >= 0.3 is 0 Å². The molecule has 5 nitrogen and oxygen atoms in total. The van der Waals surface area contributed by atoms with E-state index < -0.39 is 9.84 Å². The molecule has 2 aromatic carbocycles. The molecule has 0 radical (unpaired) electrons. The summed E-state index contributed by atoms with van der Waals surface area (Å²) in [7, 11) is -3.22. The van der Waals surface area contributed by atoms with E-state index in [9.17, 15) is 12.8 Å². The molecule has 7 heteroatoms. The SMILES string of the molecule is CS(=O)(=O)c1ccc(Nc2cc3[nH]c(-c4cccc(F)c4)cc3cn2)cc1. The summed E-state index contributed by atoms with van der Waals surface area (Å²) in [5, 5.41) is 4.06. The first-order valence-electron chi connectivity index (χ1n) is 8.20. The van der Waals surface area contributed by atoms with Crippen LogP contribution in [0.4, 0.5) is 15.9 Å². The Morgan fingerprint density at radius 1 is 1.04 bits per heavy atom. The molecule has 2 N–H and O–H groups in total. The number of aromatic amines is 1. The number of pyridine rings is 1. The first-order chi connectivity index (χ1) is 12.9. The third kappa shape index (κ3) is 3.68. The monoisotopic (exact) mass is 381 g/mol. The molecule has 4 rings (SSSR count). The van der Waals surface area contributed by atoms with Crippen LogP contribution in [0, 0.1) is 5.82 Å². The topological polar surface area (TPSA) is 74.8 Å². The Balaban J connectivity index is 1.62. The summed E-state index contributed by atoms with van der Waals surface area (Å²) in [6.45, 7) is 0. The van der Waals surface area contributed by atoms with Gasteiger partial charge in [0.25, 0.3) is 0 Å². The van der Waals surface area contributed by atoms with Gasteiger partial charge in [-0.3, -0.25) is 0 Å². The average Bonchev–Trinajstić information content (AvgIpc) is 3.05. The summed E-state index contributed by atoms with van der Waals surface area (Å²) in [4.78, 5) is 7.91. The van der Waals surface area contributed by atoms with Crippen molar-refractivity contribution in [2.24, 2.45) is 0 Å². The molecule has 0 spiro atoms. The number of rotatable bonds is 4. The summed E-state index contributed by atoms with van der Waals surface area (Å²) in [6.07, 6.45) is 2.90. The molecular formula is C20H16FN3O2S. The summed E-state index contributed by atoms with van der Waals surface area (Å²) in [6, 6.07) is 16.6. The molecule has 2 heterocycles. The van der Waals surface area contributed by atoms with Crippen molar-refractivity contribution in [2.45, 2.75) is 4.90 Å². The first-order valence-corrected chi connectivity index (χ1v) is 10.1. The van der Waals surface area contributed by atoms with Crippen LogP contribution >= 0.6 is 0 Å². The Morgan fingerprint density at radius 2 is 1.81 bits per heavy atom. The number of H-pyrrole nitrogens is 1. The van der Waals surface area contributed by atoms with Gasteiger partial charge in [0.15, 0.2) is 9.84 Å². The van der Waals surface area contributed by atoms with Crippen LogP contribution in [-0.2, 0) is 9.84 Å². The third-order valence-corrected chi connectivity index (χ3v) is 5.32. The lowest BCUT2D eigenvalue weighted by atomic mass is 10.1. The second-order valence-electron chi connectivity index (χ2n) is 6.27. The highest BCUT2D eigenvalue weighted by Gasteiger charge is 2.08. The third-order valence-electron chi connectivity index (χ3n) is 4.19. The first kappa shape index (κ1) is 17.2. The Hall–Kier alpha value is -3.19. The predicted octanol–water partition coefficient (Wildman–Crippen LogP) is 4.52. The quantitative estimate of drug-likeness (QED) is 0.545. The van der Waals surface area contributed by atoms with Crippen LogP contribution in [0.5, 0.6) is 0 Å². The molecular weight excluding hydrogens is 365 g/mol. The van der Waals surface area contributed by atoms with Gasteiger partial charge in [0.1, 0.15) is 11.6 Å². The van der Waals surface area contributed by atoms with Gasteiger partial charge in [-0.05, 0) is 42.5 Å². The Kier molecular flexibility index (Phi) is 4.16. The van der Waals surface area contributed by atoms with Crippen LogP contribution in [0.3, 0.4) is 0 Å². The summed E-state index contributed by atoms with van der Waals surface area (Å²) < 4.78 is 36.5. The van der Waals surface area contributed by atoms with E-state index >= 15 is 0 Å². The highest BCUT2D eigenvalue weighted by atomic mass is 32.2. The molecule has 0 aliphatic carbocycles. The zero-order valence-electron chi connectivity index (χ0n) is 14.4. The molecule has 0 bridgehead atoms. The minimum absolute atomic E-state index is 0.264. The number of sulfone groups is 1. The van der Waals surface area contributed by atoms with E-state index in [1.54, 1.807) is 36.5 Å². The van der Waals surface area contributed by atoms with Gasteiger partial charge in [0, 0.05) is 40.8 Å². The Labute approximate surface area is 155 Å². The number of anilines is 2. The summed E-state index contributed by atoms with van der Waals surface area (Å²) >= 11 is 0. The zero-order chi connectivity index (χ0) is 19.0. The predicted molar refractivity (Wildman–Crippen MR) is 104 cm³/mol. The molecule has 0 aliphatic rings. The highest BCUT2D eigenvalue weighted by molar-refractivity contribution is 7.90. The normalized spacial score (nSPS) is 11.6. The van der Waals surface area contributed by atoms with Gasteiger partial charge in [0.2, 0.25) is 0 Å². The molecule has 27 heavy (non-hydrogen) atoms. The van der Waals surface area contributed by atoms with Crippen molar-refractivity contribution in [3.8, 4) is 11.3 Å². The summed E-state index contributed by atoms with van der Waals surface area (Å²) in [5.74, 6) is 0.325. The number of nitrogens with one attached hydrogen (secondary N) is 2. The number of hydrogen-bond acceptors (Lipinski definition) is 4. The highest BCUT2D eigenvalue weighted by Crippen LogP contribution is 2.26. The van der Waals surface area contributed by atoms with Gasteiger partial charge in [0.05, 0.1) is 10.4 Å². The maximum atomic E-state index is 13.4. The lowest BCUT2D eigenvalue weighted by Crippen LogP contribution is -1.98. The fourth-order valence-corrected chi connectivity index (χ4v) is 3.47. The van der Waals surface area contributed by atoms with Crippen molar-refractivity contribution in [3.63, 3.8) is 0 Å². The lowest BCUT2D eigenvalue weighted by Gasteiger charge is -2.06. The maximum absolute atomic E-state index is 13.4. The Morgan fingerprint density at radius 3 is 2.52 bits per heavy atom. The minimum Gasteiger partial charge on any atom is -0.354 e. The fraction of sp³-hybridized carbons (Fsp3) is 0.0500. The number of aromatic nitrogens is 2. The number of fused-ring (bicyclic) bond motifs is 1.